The molecule has 1 unspecified atom stereocenters. The van der Waals surface area contributed by atoms with E-state index >= 15 is 0 Å². The largest absolute Gasteiger partial charge is 0.401 e. The molecule has 1 aliphatic rings. The van der Waals surface area contributed by atoms with Crippen LogP contribution in [0.25, 0.3) is 0 Å². The van der Waals surface area contributed by atoms with E-state index in [2.05, 4.69) is 5.43 Å². The molecule has 1 saturated heterocycles. The molecule has 8 heteroatoms. The van der Waals surface area contributed by atoms with Gasteiger partial charge in [-0.3, -0.25) is 4.79 Å². The van der Waals surface area contributed by atoms with Gasteiger partial charge in [0.2, 0.25) is 0 Å². The van der Waals surface area contributed by atoms with Crippen molar-refractivity contribution in [3.8, 4) is 0 Å². The molecule has 1 aliphatic heterocycles. The Balaban J connectivity index is 2.26. The number of carbonyl (C=O) groups excluding carboxylic acids is 1. The van der Waals surface area contributed by atoms with E-state index in [9.17, 15) is 22.4 Å². The molecule has 1 aromatic rings. The molecule has 1 N–H and O–H groups in total. The van der Waals surface area contributed by atoms with Crippen molar-refractivity contribution < 1.29 is 22.4 Å². The maximum Gasteiger partial charge on any atom is 0.401 e. The minimum absolute atomic E-state index is 0.0677. The third-order valence-corrected chi connectivity index (χ3v) is 2.82. The molecule has 1 atom stereocenters. The first kappa shape index (κ1) is 13.1. The lowest BCUT2D eigenvalue weighted by Gasteiger charge is -2.17. The Morgan fingerprint density at radius 1 is 1.39 bits per heavy atom. The van der Waals surface area contributed by atoms with E-state index in [-0.39, 0.29) is 10.7 Å². The van der Waals surface area contributed by atoms with Crippen LogP contribution in [0.1, 0.15) is 0 Å². The van der Waals surface area contributed by atoms with E-state index < -0.39 is 30.4 Å². The van der Waals surface area contributed by atoms with Crippen LogP contribution >= 0.6 is 11.6 Å². The second-order valence-corrected chi connectivity index (χ2v) is 4.14. The predicted octanol–water partition coefficient (Wildman–Crippen LogP) is 2.51. The molecule has 1 fully saturated rings. The Kier molecular flexibility index (Phi) is 3.20. The Morgan fingerprint density at radius 3 is 2.56 bits per heavy atom. The minimum atomic E-state index is -4.61. The molecular weight excluding hydrogens is 276 g/mol. The van der Waals surface area contributed by atoms with Gasteiger partial charge in [-0.2, -0.15) is 13.2 Å². The van der Waals surface area contributed by atoms with Crippen molar-refractivity contribution in [1.82, 2.24) is 5.43 Å². The molecule has 0 aliphatic carbocycles. The van der Waals surface area contributed by atoms with Gasteiger partial charge in [-0.15, -0.1) is 0 Å². The zero-order valence-electron chi connectivity index (χ0n) is 8.76. The fourth-order valence-corrected chi connectivity index (χ4v) is 1.78. The van der Waals surface area contributed by atoms with Crippen LogP contribution in [-0.2, 0) is 4.79 Å². The first-order valence-electron chi connectivity index (χ1n) is 4.90. The molecule has 1 amide bonds. The highest BCUT2D eigenvalue weighted by atomic mass is 35.5. The molecule has 2 rings (SSSR count). The van der Waals surface area contributed by atoms with Crippen molar-refractivity contribution in [1.29, 1.82) is 0 Å². The molecule has 98 valence electrons. The summed E-state index contributed by atoms with van der Waals surface area (Å²) in [7, 11) is 0. The van der Waals surface area contributed by atoms with Crippen LogP contribution in [0.4, 0.5) is 23.2 Å². The molecule has 3 nitrogen and oxygen atoms in total. The Morgan fingerprint density at radius 2 is 2.06 bits per heavy atom. The molecule has 0 radical (unpaired) electrons. The van der Waals surface area contributed by atoms with Crippen LogP contribution in [0.3, 0.4) is 0 Å². The number of rotatable bonds is 1. The third-order valence-electron chi connectivity index (χ3n) is 2.53. The average Bonchev–Trinajstić information content (AvgIpc) is 2.64. The summed E-state index contributed by atoms with van der Waals surface area (Å²) in [4.78, 5) is 11.6. The van der Waals surface area contributed by atoms with Crippen LogP contribution in [0, 0.1) is 11.7 Å². The predicted molar refractivity (Wildman–Crippen MR) is 56.4 cm³/mol. The monoisotopic (exact) mass is 282 g/mol. The van der Waals surface area contributed by atoms with Crippen molar-refractivity contribution in [3.05, 3.63) is 29.0 Å². The quantitative estimate of drug-likeness (QED) is 0.803. The topological polar surface area (TPSA) is 32.3 Å². The Labute approximate surface area is 104 Å². The van der Waals surface area contributed by atoms with Crippen LogP contribution in [-0.4, -0.2) is 18.6 Å². The highest BCUT2D eigenvalue weighted by Gasteiger charge is 2.50. The number of anilines is 1. The summed E-state index contributed by atoms with van der Waals surface area (Å²) in [6, 6.07) is 3.24. The van der Waals surface area contributed by atoms with Crippen molar-refractivity contribution in [3.63, 3.8) is 0 Å². The highest BCUT2D eigenvalue weighted by molar-refractivity contribution is 6.31. The smallest absolute Gasteiger partial charge is 0.272 e. The average molecular weight is 283 g/mol. The number of amides is 1. The highest BCUT2D eigenvalue weighted by Crippen LogP contribution is 2.32. The molecule has 18 heavy (non-hydrogen) atoms. The van der Waals surface area contributed by atoms with Gasteiger partial charge in [0.25, 0.3) is 5.91 Å². The SMILES string of the molecule is O=C1C(C(F)(F)F)CNN1c1ccc(F)c(Cl)c1. The van der Waals surface area contributed by atoms with Gasteiger partial charge in [0, 0.05) is 6.54 Å². The number of hydrogen-bond donors (Lipinski definition) is 1. The van der Waals surface area contributed by atoms with E-state index in [1.165, 1.54) is 6.07 Å². The third kappa shape index (κ3) is 2.28. The summed E-state index contributed by atoms with van der Waals surface area (Å²) < 4.78 is 50.3. The summed E-state index contributed by atoms with van der Waals surface area (Å²) in [6.45, 7) is -0.544. The fraction of sp³-hybridized carbons (Fsp3) is 0.300. The van der Waals surface area contributed by atoms with E-state index in [1.807, 2.05) is 0 Å². The van der Waals surface area contributed by atoms with Gasteiger partial charge >= 0.3 is 6.18 Å². The van der Waals surface area contributed by atoms with Gasteiger partial charge in [-0.05, 0) is 18.2 Å². The second-order valence-electron chi connectivity index (χ2n) is 3.73. The van der Waals surface area contributed by atoms with E-state index in [1.54, 1.807) is 0 Å². The number of hydrazine groups is 1. The molecule has 1 heterocycles. The number of halogens is 5. The Hall–Kier alpha value is -1.34. The molecule has 0 aromatic heterocycles. The van der Waals surface area contributed by atoms with Gasteiger partial charge in [-0.1, -0.05) is 11.6 Å². The van der Waals surface area contributed by atoms with Crippen molar-refractivity contribution >= 4 is 23.2 Å². The van der Waals surface area contributed by atoms with Crippen LogP contribution in [0.15, 0.2) is 18.2 Å². The number of nitrogens with zero attached hydrogens (tertiary/aromatic N) is 1. The number of benzene rings is 1. The molecule has 0 bridgehead atoms. The fourth-order valence-electron chi connectivity index (χ4n) is 1.60. The van der Waals surface area contributed by atoms with E-state index in [0.29, 0.717) is 0 Å². The number of hydrogen-bond acceptors (Lipinski definition) is 2. The van der Waals surface area contributed by atoms with E-state index in [4.69, 9.17) is 11.6 Å². The lowest BCUT2D eigenvalue weighted by Crippen LogP contribution is -2.36. The maximum absolute atomic E-state index is 12.9. The first-order valence-corrected chi connectivity index (χ1v) is 5.28. The van der Waals surface area contributed by atoms with Crippen LogP contribution in [0.2, 0.25) is 5.02 Å². The normalized spacial score (nSPS) is 20.6. The first-order chi connectivity index (χ1) is 8.30. The zero-order valence-corrected chi connectivity index (χ0v) is 9.52. The van der Waals surface area contributed by atoms with Crippen molar-refractivity contribution in [2.75, 3.05) is 11.6 Å². The maximum atomic E-state index is 12.9. The minimum Gasteiger partial charge on any atom is -0.272 e. The standard InChI is InChI=1S/C10H7ClF4N2O/c11-7-3-5(1-2-8(7)12)17-9(18)6(4-16-17)10(13,14)15/h1-3,6,16H,4H2. The number of carbonyl (C=O) groups is 1. The molecular formula is C10H7ClF4N2O. The Bertz CT molecular complexity index is 491. The van der Waals surface area contributed by atoms with E-state index in [0.717, 1.165) is 17.1 Å². The zero-order chi connectivity index (χ0) is 13.5. The molecule has 1 aromatic carbocycles. The van der Waals surface area contributed by atoms with Crippen LogP contribution in [0.5, 0.6) is 0 Å². The van der Waals surface area contributed by atoms with Gasteiger partial charge < -0.3 is 0 Å². The number of alkyl halides is 3. The van der Waals surface area contributed by atoms with Crippen molar-refractivity contribution in [2.45, 2.75) is 6.18 Å². The molecule has 0 saturated carbocycles. The van der Waals surface area contributed by atoms with Gasteiger partial charge in [-0.25, -0.2) is 14.8 Å². The van der Waals surface area contributed by atoms with Crippen LogP contribution < -0.4 is 10.4 Å². The van der Waals surface area contributed by atoms with Gasteiger partial charge in [0.15, 0.2) is 0 Å². The second kappa shape index (κ2) is 4.40. The summed E-state index contributed by atoms with van der Waals surface area (Å²) in [6.07, 6.45) is -4.61. The summed E-state index contributed by atoms with van der Waals surface area (Å²) in [5.74, 6) is -3.94. The van der Waals surface area contributed by atoms with Crippen molar-refractivity contribution in [2.24, 2.45) is 5.92 Å². The summed E-state index contributed by atoms with van der Waals surface area (Å²) in [5.41, 5.74) is 2.38. The van der Waals surface area contributed by atoms with Gasteiger partial charge in [0.1, 0.15) is 11.7 Å². The number of nitrogens with one attached hydrogen (secondary N) is 1. The van der Waals surface area contributed by atoms with Gasteiger partial charge in [0.05, 0.1) is 10.7 Å². The lowest BCUT2D eigenvalue weighted by atomic mass is 10.1. The molecule has 0 spiro atoms. The summed E-state index contributed by atoms with van der Waals surface area (Å²) >= 11 is 5.50. The summed E-state index contributed by atoms with van der Waals surface area (Å²) in [5, 5.41) is 0.460. The lowest BCUT2D eigenvalue weighted by molar-refractivity contribution is -0.174.